The van der Waals surface area contributed by atoms with Crippen molar-refractivity contribution in [1.82, 2.24) is 0 Å². The summed E-state index contributed by atoms with van der Waals surface area (Å²) >= 11 is 2.94. The Balaban J connectivity index is 2.20. The fraction of sp³-hybridized carbons (Fsp3) is 0.133. The minimum absolute atomic E-state index is 0.000280. The number of carbonyl (C=O) groups excluding carboxylic acids is 1. The highest BCUT2D eigenvalue weighted by Gasteiger charge is 2.01. The van der Waals surface area contributed by atoms with E-state index in [1.54, 1.807) is 7.11 Å². The Labute approximate surface area is 115 Å². The monoisotopic (exact) mass is 304 g/mol. The minimum atomic E-state index is -0.000280. The third-order valence-corrected chi connectivity index (χ3v) is 3.00. The van der Waals surface area contributed by atoms with Gasteiger partial charge >= 0.3 is 0 Å². The van der Waals surface area contributed by atoms with Crippen LogP contribution < -0.4 is 4.74 Å². The van der Waals surface area contributed by atoms with Gasteiger partial charge in [-0.1, -0.05) is 36.4 Å². The number of rotatable bonds is 4. The van der Waals surface area contributed by atoms with Crippen LogP contribution in [0.3, 0.4) is 0 Å². The molecule has 2 aromatic rings. The van der Waals surface area contributed by atoms with Gasteiger partial charge in [-0.15, -0.1) is 0 Å². The molecular formula is C15H13BrO2. The lowest BCUT2D eigenvalue weighted by Crippen LogP contribution is -1.92. The molecule has 2 nitrogen and oxygen atoms in total. The normalized spacial score (nSPS) is 10.1. The van der Waals surface area contributed by atoms with E-state index in [1.165, 1.54) is 0 Å². The van der Waals surface area contributed by atoms with Gasteiger partial charge in [0.25, 0.3) is 0 Å². The predicted octanol–water partition coefficient (Wildman–Crippen LogP) is 3.83. The summed E-state index contributed by atoms with van der Waals surface area (Å²) in [7, 11) is 1.65. The highest BCUT2D eigenvalue weighted by Crippen LogP contribution is 2.22. The third kappa shape index (κ3) is 3.20. The molecule has 0 aliphatic carbocycles. The number of ether oxygens (including phenoxy) is 1. The van der Waals surface area contributed by atoms with E-state index in [1.807, 2.05) is 48.5 Å². The van der Waals surface area contributed by atoms with Crippen molar-refractivity contribution >= 4 is 20.6 Å². The molecule has 0 radical (unpaired) electrons. The van der Waals surface area contributed by atoms with Crippen LogP contribution in [0, 0.1) is 0 Å². The van der Waals surface area contributed by atoms with Crippen molar-refractivity contribution in [2.45, 2.75) is 6.42 Å². The van der Waals surface area contributed by atoms with Crippen LogP contribution in [0.25, 0.3) is 11.1 Å². The Morgan fingerprint density at radius 2 is 1.50 bits per heavy atom. The molecule has 2 rings (SSSR count). The third-order valence-electron chi connectivity index (χ3n) is 2.72. The number of carbonyl (C=O) groups is 1. The molecule has 0 aliphatic rings. The van der Waals surface area contributed by atoms with Crippen LogP contribution in [-0.2, 0) is 11.2 Å². The molecule has 0 bridgehead atoms. The molecule has 0 heterocycles. The largest absolute Gasteiger partial charge is 0.497 e. The Morgan fingerprint density at radius 1 is 1.00 bits per heavy atom. The van der Waals surface area contributed by atoms with Crippen molar-refractivity contribution in [3.05, 3.63) is 54.1 Å². The summed E-state index contributed by atoms with van der Waals surface area (Å²) in [5.74, 6) is 0.847. The van der Waals surface area contributed by atoms with Crippen LogP contribution in [0.1, 0.15) is 5.56 Å². The molecule has 3 heteroatoms. The van der Waals surface area contributed by atoms with Gasteiger partial charge in [0.05, 0.1) is 7.11 Å². The van der Waals surface area contributed by atoms with E-state index in [0.29, 0.717) is 6.42 Å². The van der Waals surface area contributed by atoms with Crippen molar-refractivity contribution in [2.75, 3.05) is 7.11 Å². The second kappa shape index (κ2) is 5.83. The van der Waals surface area contributed by atoms with Crippen LogP contribution in [0.5, 0.6) is 5.75 Å². The van der Waals surface area contributed by atoms with Crippen molar-refractivity contribution in [3.63, 3.8) is 0 Å². The number of benzene rings is 2. The van der Waals surface area contributed by atoms with Crippen LogP contribution in [0.15, 0.2) is 48.5 Å². The minimum Gasteiger partial charge on any atom is -0.497 e. The van der Waals surface area contributed by atoms with Gasteiger partial charge in [-0.3, -0.25) is 4.79 Å². The second-order valence-electron chi connectivity index (χ2n) is 3.96. The predicted molar refractivity (Wildman–Crippen MR) is 76.1 cm³/mol. The lowest BCUT2D eigenvalue weighted by atomic mass is 10.0. The SMILES string of the molecule is COc1ccc(-c2ccc(CC(=O)Br)cc2)cc1. The number of hydrogen-bond acceptors (Lipinski definition) is 2. The first kappa shape index (κ1) is 12.8. The van der Waals surface area contributed by atoms with Gasteiger partial charge in [0, 0.05) is 6.42 Å². The van der Waals surface area contributed by atoms with Crippen LogP contribution in [0.4, 0.5) is 0 Å². The van der Waals surface area contributed by atoms with E-state index in [9.17, 15) is 4.79 Å². The molecule has 0 amide bonds. The summed E-state index contributed by atoms with van der Waals surface area (Å²) in [5, 5.41) is 0. The van der Waals surface area contributed by atoms with Crippen molar-refractivity contribution < 1.29 is 9.53 Å². The van der Waals surface area contributed by atoms with E-state index in [0.717, 1.165) is 22.4 Å². The number of methoxy groups -OCH3 is 1. The average Bonchev–Trinajstić information content (AvgIpc) is 2.39. The molecule has 0 atom stereocenters. The molecule has 18 heavy (non-hydrogen) atoms. The molecule has 0 N–H and O–H groups in total. The van der Waals surface area contributed by atoms with Gasteiger partial charge in [-0.25, -0.2) is 0 Å². The van der Waals surface area contributed by atoms with E-state index >= 15 is 0 Å². The van der Waals surface area contributed by atoms with Gasteiger partial charge in [-0.2, -0.15) is 0 Å². The highest BCUT2D eigenvalue weighted by atomic mass is 79.9. The molecule has 92 valence electrons. The van der Waals surface area contributed by atoms with Crippen molar-refractivity contribution in [1.29, 1.82) is 0 Å². The van der Waals surface area contributed by atoms with Gasteiger partial charge in [0.1, 0.15) is 5.75 Å². The van der Waals surface area contributed by atoms with Crippen LogP contribution in [0.2, 0.25) is 0 Å². The molecule has 0 spiro atoms. The first-order chi connectivity index (χ1) is 8.69. The van der Waals surface area contributed by atoms with Crippen molar-refractivity contribution in [2.24, 2.45) is 0 Å². The lowest BCUT2D eigenvalue weighted by Gasteiger charge is -2.05. The van der Waals surface area contributed by atoms with Crippen LogP contribution in [-0.4, -0.2) is 11.8 Å². The molecule has 0 aromatic heterocycles. The van der Waals surface area contributed by atoms with E-state index < -0.39 is 0 Å². The summed E-state index contributed by atoms with van der Waals surface area (Å²) < 4.78 is 5.12. The highest BCUT2D eigenvalue weighted by molar-refractivity contribution is 9.18. The summed E-state index contributed by atoms with van der Waals surface area (Å²) in [6.07, 6.45) is 0.420. The fourth-order valence-corrected chi connectivity index (χ4v) is 2.08. The average molecular weight is 305 g/mol. The maximum Gasteiger partial charge on any atom is 0.202 e. The maximum atomic E-state index is 10.9. The number of halogens is 1. The van der Waals surface area contributed by atoms with Gasteiger partial charge in [-0.05, 0) is 44.8 Å². The van der Waals surface area contributed by atoms with Gasteiger partial charge in [0.2, 0.25) is 4.69 Å². The zero-order valence-corrected chi connectivity index (χ0v) is 11.6. The summed E-state index contributed by atoms with van der Waals surface area (Å²) in [6.45, 7) is 0. The summed E-state index contributed by atoms with van der Waals surface area (Å²) in [4.78, 5) is 10.9. The molecule has 2 aromatic carbocycles. The van der Waals surface area contributed by atoms with E-state index in [2.05, 4.69) is 15.9 Å². The fourth-order valence-electron chi connectivity index (χ4n) is 1.76. The molecule has 0 fully saturated rings. The van der Waals surface area contributed by atoms with Crippen LogP contribution >= 0.6 is 15.9 Å². The Kier molecular flexibility index (Phi) is 4.15. The zero-order valence-electron chi connectivity index (χ0n) is 10.0. The Morgan fingerprint density at radius 3 is 1.94 bits per heavy atom. The smallest absolute Gasteiger partial charge is 0.202 e. The Hall–Kier alpha value is -1.61. The lowest BCUT2D eigenvalue weighted by molar-refractivity contribution is -0.109. The molecule has 0 unspecified atom stereocenters. The molecule has 0 aliphatic heterocycles. The van der Waals surface area contributed by atoms with Gasteiger partial charge in [0.15, 0.2) is 0 Å². The van der Waals surface area contributed by atoms with Gasteiger partial charge < -0.3 is 4.74 Å². The quantitative estimate of drug-likeness (QED) is 0.803. The van der Waals surface area contributed by atoms with E-state index in [4.69, 9.17) is 4.74 Å². The zero-order chi connectivity index (χ0) is 13.0. The summed E-state index contributed by atoms with van der Waals surface area (Å²) in [5.41, 5.74) is 3.27. The summed E-state index contributed by atoms with van der Waals surface area (Å²) in [6, 6.07) is 15.9. The maximum absolute atomic E-state index is 10.9. The first-order valence-corrected chi connectivity index (χ1v) is 6.40. The number of hydrogen-bond donors (Lipinski definition) is 0. The Bertz CT molecular complexity index is 529. The van der Waals surface area contributed by atoms with Crippen molar-refractivity contribution in [3.8, 4) is 16.9 Å². The molecular weight excluding hydrogens is 292 g/mol. The second-order valence-corrected chi connectivity index (χ2v) is 4.84. The molecule has 0 saturated heterocycles. The standard InChI is InChI=1S/C15H13BrO2/c1-18-14-8-6-13(7-9-14)12-4-2-11(3-5-12)10-15(16)17/h2-9H,10H2,1H3. The van der Waals surface area contributed by atoms with E-state index in [-0.39, 0.29) is 4.69 Å². The molecule has 0 saturated carbocycles. The first-order valence-electron chi connectivity index (χ1n) is 5.61. The topological polar surface area (TPSA) is 26.3 Å².